The van der Waals surface area contributed by atoms with E-state index in [1.54, 1.807) is 17.1 Å². The number of aromatic nitrogens is 4. The molecule has 2 rings (SSSR count). The summed E-state index contributed by atoms with van der Waals surface area (Å²) in [5.41, 5.74) is 1.47. The molecule has 0 spiro atoms. The van der Waals surface area contributed by atoms with Crippen LogP contribution in [0, 0.1) is 4.77 Å². The molecule has 8 heteroatoms. The van der Waals surface area contributed by atoms with Crippen molar-refractivity contribution >= 4 is 38.7 Å². The van der Waals surface area contributed by atoms with Gasteiger partial charge in [-0.2, -0.15) is 0 Å². The molecule has 0 bridgehead atoms. The van der Waals surface area contributed by atoms with Crippen LogP contribution in [0.15, 0.2) is 18.2 Å². The topological polar surface area (TPSA) is 83.8 Å². The van der Waals surface area contributed by atoms with Crippen LogP contribution in [0.5, 0.6) is 0 Å². The Balaban J connectivity index is 2.66. The summed E-state index contributed by atoms with van der Waals surface area (Å²) in [6.45, 7) is 0. The van der Waals surface area contributed by atoms with E-state index in [2.05, 4.69) is 31.1 Å². The van der Waals surface area contributed by atoms with E-state index in [0.29, 0.717) is 5.69 Å². The fraction of sp³-hybridized carbons (Fsp3) is 0. The molecule has 0 radical (unpaired) electrons. The van der Waals surface area contributed by atoms with Crippen molar-refractivity contribution in [1.82, 2.24) is 20.2 Å². The van der Waals surface area contributed by atoms with E-state index in [1.165, 1.54) is 10.7 Å². The maximum atomic E-state index is 11.0. The van der Waals surface area contributed by atoms with Gasteiger partial charge in [0.1, 0.15) is 0 Å². The summed E-state index contributed by atoms with van der Waals surface area (Å²) in [7, 11) is 0. The van der Waals surface area contributed by atoms with Gasteiger partial charge < -0.3 is 0 Å². The third kappa shape index (κ3) is 2.38. The standard InChI is InChI=1S/C9H6N4O2SSe/c14-8(15)6-1-5(4-17)2-7(3-6)13-9(16)10-11-12-13/h1-4H,(H,14,15)(H,10,12,16). The van der Waals surface area contributed by atoms with Gasteiger partial charge in [0.15, 0.2) is 0 Å². The van der Waals surface area contributed by atoms with Crippen molar-refractivity contribution in [2.24, 2.45) is 0 Å². The van der Waals surface area contributed by atoms with Gasteiger partial charge in [-0.3, -0.25) is 0 Å². The predicted molar refractivity (Wildman–Crippen MR) is 64.4 cm³/mol. The number of nitrogens with one attached hydrogen (secondary N) is 1. The second-order valence-corrected chi connectivity index (χ2v) is 4.01. The van der Waals surface area contributed by atoms with Gasteiger partial charge in [0.2, 0.25) is 0 Å². The summed E-state index contributed by atoms with van der Waals surface area (Å²) in [5.74, 6) is -1.01. The quantitative estimate of drug-likeness (QED) is 0.631. The van der Waals surface area contributed by atoms with E-state index in [0.717, 1.165) is 5.56 Å². The number of hydrogen-bond donors (Lipinski definition) is 2. The second kappa shape index (κ2) is 4.70. The first-order valence-electron chi connectivity index (χ1n) is 4.46. The summed E-state index contributed by atoms with van der Waals surface area (Å²) in [4.78, 5) is 12.7. The van der Waals surface area contributed by atoms with Crippen molar-refractivity contribution < 1.29 is 9.90 Å². The number of tetrazole rings is 1. The van der Waals surface area contributed by atoms with E-state index in [1.807, 2.05) is 0 Å². The summed E-state index contributed by atoms with van der Waals surface area (Å²) in [6, 6.07) is 4.80. The summed E-state index contributed by atoms with van der Waals surface area (Å²) >= 11 is 7.67. The Bertz CT molecular complexity index is 648. The molecule has 1 aromatic heterocycles. The van der Waals surface area contributed by atoms with Crippen molar-refractivity contribution in [3.05, 3.63) is 34.1 Å². The van der Waals surface area contributed by atoms with E-state index < -0.39 is 5.97 Å². The molecule has 0 amide bonds. The van der Waals surface area contributed by atoms with Gasteiger partial charge in [-0.05, 0) is 0 Å². The molecular formula is C9H6N4O2SSe. The first kappa shape index (κ1) is 11.8. The first-order valence-corrected chi connectivity index (χ1v) is 5.85. The number of carboxylic acids is 1. The van der Waals surface area contributed by atoms with Crippen molar-refractivity contribution in [2.75, 3.05) is 0 Å². The Labute approximate surface area is 109 Å². The van der Waals surface area contributed by atoms with E-state index in [4.69, 9.17) is 17.3 Å². The van der Waals surface area contributed by atoms with Crippen LogP contribution >= 0.6 is 12.2 Å². The van der Waals surface area contributed by atoms with Gasteiger partial charge >= 0.3 is 109 Å². The predicted octanol–water partition coefficient (Wildman–Crippen LogP) is 0.342. The van der Waals surface area contributed by atoms with E-state index >= 15 is 0 Å². The molecule has 0 unspecified atom stereocenters. The fourth-order valence-electron chi connectivity index (χ4n) is 1.32. The monoisotopic (exact) mass is 314 g/mol. The zero-order chi connectivity index (χ0) is 12.4. The van der Waals surface area contributed by atoms with Crippen LogP contribution in [0.1, 0.15) is 15.9 Å². The maximum absolute atomic E-state index is 11.0. The Morgan fingerprint density at radius 3 is 2.82 bits per heavy atom. The SMILES string of the molecule is O=C(O)c1cc(C=[Se])cc(-n2[nH]nnc2=S)c1. The molecule has 2 aromatic rings. The molecule has 0 fully saturated rings. The Kier molecular flexibility index (Phi) is 3.28. The molecule has 86 valence electrons. The molecule has 0 atom stereocenters. The number of aromatic carboxylic acids is 1. The normalized spacial score (nSPS) is 10.1. The van der Waals surface area contributed by atoms with Crippen LogP contribution in [0.25, 0.3) is 5.69 Å². The third-order valence-electron chi connectivity index (χ3n) is 2.05. The average Bonchev–Trinajstić information content (AvgIpc) is 2.74. The number of aromatic amines is 1. The molecular weight excluding hydrogens is 307 g/mol. The van der Waals surface area contributed by atoms with Crippen LogP contribution in [-0.2, 0) is 0 Å². The summed E-state index contributed by atoms with van der Waals surface area (Å²) in [6.07, 6.45) is 0. The summed E-state index contributed by atoms with van der Waals surface area (Å²) in [5, 5.41) is 18.7. The van der Waals surface area contributed by atoms with Crippen molar-refractivity contribution in [1.29, 1.82) is 0 Å². The van der Waals surface area contributed by atoms with Gasteiger partial charge in [0.25, 0.3) is 0 Å². The van der Waals surface area contributed by atoms with Crippen LogP contribution in [0.4, 0.5) is 0 Å². The number of carbonyl (C=O) groups is 1. The Morgan fingerprint density at radius 2 is 2.29 bits per heavy atom. The number of H-pyrrole nitrogens is 1. The van der Waals surface area contributed by atoms with E-state index in [9.17, 15) is 4.79 Å². The zero-order valence-corrected chi connectivity index (χ0v) is 10.9. The average molecular weight is 313 g/mol. The van der Waals surface area contributed by atoms with Crippen LogP contribution in [0.3, 0.4) is 0 Å². The van der Waals surface area contributed by atoms with Crippen molar-refractivity contribution in [3.63, 3.8) is 0 Å². The van der Waals surface area contributed by atoms with Crippen LogP contribution < -0.4 is 0 Å². The minimum atomic E-state index is -1.01. The first-order chi connectivity index (χ1) is 8.11. The molecule has 17 heavy (non-hydrogen) atoms. The Hall–Kier alpha value is -1.63. The van der Waals surface area contributed by atoms with Gasteiger partial charge in [-0.25, -0.2) is 0 Å². The van der Waals surface area contributed by atoms with E-state index in [-0.39, 0.29) is 10.3 Å². The van der Waals surface area contributed by atoms with Gasteiger partial charge in [-0.1, -0.05) is 0 Å². The Morgan fingerprint density at radius 1 is 1.53 bits per heavy atom. The van der Waals surface area contributed by atoms with Crippen molar-refractivity contribution in [3.8, 4) is 5.69 Å². The number of nitrogens with zero attached hydrogens (tertiary/aromatic N) is 3. The molecule has 1 heterocycles. The number of rotatable bonds is 3. The molecule has 0 saturated heterocycles. The molecule has 0 aliphatic carbocycles. The van der Waals surface area contributed by atoms with Crippen molar-refractivity contribution in [2.45, 2.75) is 0 Å². The molecule has 0 aliphatic heterocycles. The van der Waals surface area contributed by atoms with Crippen LogP contribution in [0.2, 0.25) is 0 Å². The number of benzene rings is 1. The van der Waals surface area contributed by atoms with Gasteiger partial charge in [0.05, 0.1) is 0 Å². The minimum absolute atomic E-state index is 0.167. The van der Waals surface area contributed by atoms with Crippen LogP contribution in [-0.4, -0.2) is 51.8 Å². The molecule has 0 aliphatic rings. The second-order valence-electron chi connectivity index (χ2n) is 3.15. The number of hydrogen-bond acceptors (Lipinski definition) is 4. The fourth-order valence-corrected chi connectivity index (χ4v) is 1.79. The number of carboxylic acid groups (broad SMARTS) is 1. The summed E-state index contributed by atoms with van der Waals surface area (Å²) < 4.78 is 1.66. The third-order valence-corrected chi connectivity index (χ3v) is 2.89. The molecule has 1 aromatic carbocycles. The zero-order valence-electron chi connectivity index (χ0n) is 8.32. The van der Waals surface area contributed by atoms with Gasteiger partial charge in [0, 0.05) is 0 Å². The molecule has 0 saturated carbocycles. The molecule has 2 N–H and O–H groups in total. The molecule has 6 nitrogen and oxygen atoms in total. The van der Waals surface area contributed by atoms with Gasteiger partial charge in [-0.15, -0.1) is 0 Å².